The van der Waals surface area contributed by atoms with E-state index in [1.807, 2.05) is 44.2 Å². The maximum atomic E-state index is 8.49. The molecule has 74 valence electrons. The van der Waals surface area contributed by atoms with E-state index in [2.05, 4.69) is 6.07 Å². The fourth-order valence-electron chi connectivity index (χ4n) is 1.22. The van der Waals surface area contributed by atoms with Gasteiger partial charge in [-0.25, -0.2) is 0 Å². The summed E-state index contributed by atoms with van der Waals surface area (Å²) < 4.78 is 5.75. The van der Waals surface area contributed by atoms with Crippen molar-refractivity contribution in [3.63, 3.8) is 0 Å². The summed E-state index contributed by atoms with van der Waals surface area (Å²) in [5.41, 5.74) is -0.267. The van der Waals surface area contributed by atoms with Gasteiger partial charge < -0.3 is 4.74 Å². The third kappa shape index (κ3) is 3.49. The topological polar surface area (TPSA) is 33.0 Å². The van der Waals surface area contributed by atoms with Crippen molar-refractivity contribution in [3.05, 3.63) is 30.3 Å². The van der Waals surface area contributed by atoms with Gasteiger partial charge in [-0.15, -0.1) is 0 Å². The standard InChI is InChI=1S/C12H15NO/c1-12(2,9-6-10-13)14-11-7-4-3-5-8-11/h3-5,7-8H,6,9H2,1-2H3. The van der Waals surface area contributed by atoms with Crippen molar-refractivity contribution in [3.8, 4) is 11.8 Å². The molecule has 0 fully saturated rings. The Morgan fingerprint density at radius 2 is 1.93 bits per heavy atom. The molecule has 0 amide bonds. The molecule has 1 aromatic rings. The second kappa shape index (κ2) is 4.66. The van der Waals surface area contributed by atoms with E-state index in [0.29, 0.717) is 6.42 Å². The molecule has 0 bridgehead atoms. The second-order valence-corrected chi connectivity index (χ2v) is 3.83. The highest BCUT2D eigenvalue weighted by molar-refractivity contribution is 5.21. The van der Waals surface area contributed by atoms with Gasteiger partial charge in [0.2, 0.25) is 0 Å². The number of nitrogens with zero attached hydrogens (tertiary/aromatic N) is 1. The SMILES string of the molecule is CC(C)(CCC#N)Oc1ccccc1. The first-order chi connectivity index (χ1) is 6.64. The molecule has 0 aliphatic rings. The van der Waals surface area contributed by atoms with Gasteiger partial charge in [0.05, 0.1) is 6.07 Å². The highest BCUT2D eigenvalue weighted by Crippen LogP contribution is 2.21. The molecule has 0 radical (unpaired) electrons. The van der Waals surface area contributed by atoms with Gasteiger partial charge in [-0.2, -0.15) is 5.26 Å². The second-order valence-electron chi connectivity index (χ2n) is 3.83. The van der Waals surface area contributed by atoms with Crippen molar-refractivity contribution in [2.24, 2.45) is 0 Å². The van der Waals surface area contributed by atoms with Crippen molar-refractivity contribution in [1.29, 1.82) is 5.26 Å². The molecular formula is C12H15NO. The molecule has 1 rings (SSSR count). The van der Waals surface area contributed by atoms with Crippen LogP contribution in [0.4, 0.5) is 0 Å². The van der Waals surface area contributed by atoms with Crippen LogP contribution in [0.3, 0.4) is 0 Å². The number of hydrogen-bond donors (Lipinski definition) is 0. The Balaban J connectivity index is 2.55. The zero-order valence-corrected chi connectivity index (χ0v) is 8.66. The number of ether oxygens (including phenoxy) is 1. The van der Waals surface area contributed by atoms with Crippen LogP contribution in [-0.4, -0.2) is 5.60 Å². The number of hydrogen-bond acceptors (Lipinski definition) is 2. The zero-order chi connectivity index (χ0) is 10.4. The summed E-state index contributed by atoms with van der Waals surface area (Å²) in [6.07, 6.45) is 1.28. The molecular weight excluding hydrogens is 174 g/mol. The van der Waals surface area contributed by atoms with Crippen molar-refractivity contribution in [2.45, 2.75) is 32.3 Å². The molecule has 0 aliphatic carbocycles. The lowest BCUT2D eigenvalue weighted by molar-refractivity contribution is 0.101. The average Bonchev–Trinajstić information content (AvgIpc) is 2.16. The smallest absolute Gasteiger partial charge is 0.120 e. The van der Waals surface area contributed by atoms with E-state index in [9.17, 15) is 0 Å². The first kappa shape index (κ1) is 10.6. The lowest BCUT2D eigenvalue weighted by atomic mass is 10.0. The summed E-state index contributed by atoms with van der Waals surface area (Å²) >= 11 is 0. The number of rotatable bonds is 4. The fourth-order valence-corrected chi connectivity index (χ4v) is 1.22. The van der Waals surface area contributed by atoms with E-state index in [-0.39, 0.29) is 5.60 Å². The van der Waals surface area contributed by atoms with Crippen molar-refractivity contribution in [1.82, 2.24) is 0 Å². The molecule has 1 aromatic carbocycles. The van der Waals surface area contributed by atoms with Crippen LogP contribution in [0.15, 0.2) is 30.3 Å². The number of para-hydroxylation sites is 1. The minimum absolute atomic E-state index is 0.267. The van der Waals surface area contributed by atoms with E-state index in [1.54, 1.807) is 0 Å². The third-order valence-corrected chi connectivity index (χ3v) is 1.98. The van der Waals surface area contributed by atoms with Crippen LogP contribution in [0.5, 0.6) is 5.75 Å². The number of benzene rings is 1. The molecule has 14 heavy (non-hydrogen) atoms. The molecule has 2 nitrogen and oxygen atoms in total. The van der Waals surface area contributed by atoms with Gasteiger partial charge in [0.15, 0.2) is 0 Å². The highest BCUT2D eigenvalue weighted by atomic mass is 16.5. The Kier molecular flexibility index (Phi) is 3.53. The Morgan fingerprint density at radius 3 is 2.50 bits per heavy atom. The molecule has 0 saturated carbocycles. The monoisotopic (exact) mass is 189 g/mol. The van der Waals surface area contributed by atoms with Crippen LogP contribution >= 0.6 is 0 Å². The van der Waals surface area contributed by atoms with Gasteiger partial charge >= 0.3 is 0 Å². The van der Waals surface area contributed by atoms with Crippen molar-refractivity contribution >= 4 is 0 Å². The molecule has 0 heterocycles. The maximum Gasteiger partial charge on any atom is 0.120 e. The summed E-state index contributed by atoms with van der Waals surface area (Å²) in [7, 11) is 0. The van der Waals surface area contributed by atoms with Gasteiger partial charge in [-0.05, 0) is 32.4 Å². The predicted octanol–water partition coefficient (Wildman–Crippen LogP) is 3.15. The summed E-state index contributed by atoms with van der Waals surface area (Å²) in [5, 5.41) is 8.49. The Bertz CT molecular complexity index is 311. The molecule has 0 N–H and O–H groups in total. The third-order valence-electron chi connectivity index (χ3n) is 1.98. The molecule has 0 atom stereocenters. The summed E-state index contributed by atoms with van der Waals surface area (Å²) in [6, 6.07) is 11.8. The van der Waals surface area contributed by atoms with E-state index >= 15 is 0 Å². The molecule has 0 saturated heterocycles. The van der Waals surface area contributed by atoms with Crippen LogP contribution in [0.2, 0.25) is 0 Å². The van der Waals surface area contributed by atoms with Crippen LogP contribution in [0.25, 0.3) is 0 Å². The van der Waals surface area contributed by atoms with E-state index in [0.717, 1.165) is 12.2 Å². The van der Waals surface area contributed by atoms with Crippen molar-refractivity contribution < 1.29 is 4.74 Å². The number of nitriles is 1. The largest absolute Gasteiger partial charge is 0.488 e. The Morgan fingerprint density at radius 1 is 1.29 bits per heavy atom. The van der Waals surface area contributed by atoms with Gasteiger partial charge in [0, 0.05) is 6.42 Å². The molecule has 0 aromatic heterocycles. The Labute approximate surface area is 85.1 Å². The van der Waals surface area contributed by atoms with Crippen LogP contribution in [0.1, 0.15) is 26.7 Å². The predicted molar refractivity (Wildman–Crippen MR) is 56.0 cm³/mol. The van der Waals surface area contributed by atoms with Gasteiger partial charge in [0.1, 0.15) is 11.4 Å². The lowest BCUT2D eigenvalue weighted by Crippen LogP contribution is -2.27. The molecule has 0 spiro atoms. The van der Waals surface area contributed by atoms with E-state index < -0.39 is 0 Å². The lowest BCUT2D eigenvalue weighted by Gasteiger charge is -2.25. The summed E-state index contributed by atoms with van der Waals surface area (Å²) in [6.45, 7) is 3.99. The van der Waals surface area contributed by atoms with Gasteiger partial charge in [0.25, 0.3) is 0 Å². The summed E-state index contributed by atoms with van der Waals surface area (Å²) in [5.74, 6) is 0.857. The molecule has 0 aliphatic heterocycles. The Hall–Kier alpha value is -1.49. The molecule has 0 unspecified atom stereocenters. The minimum atomic E-state index is -0.267. The normalized spacial score (nSPS) is 10.6. The van der Waals surface area contributed by atoms with Crippen molar-refractivity contribution in [2.75, 3.05) is 0 Å². The first-order valence-corrected chi connectivity index (χ1v) is 4.75. The van der Waals surface area contributed by atoms with Gasteiger partial charge in [-0.1, -0.05) is 18.2 Å². The zero-order valence-electron chi connectivity index (χ0n) is 8.66. The van der Waals surface area contributed by atoms with Gasteiger partial charge in [-0.3, -0.25) is 0 Å². The molecule has 2 heteroatoms. The maximum absolute atomic E-state index is 8.49. The first-order valence-electron chi connectivity index (χ1n) is 4.75. The summed E-state index contributed by atoms with van der Waals surface area (Å²) in [4.78, 5) is 0. The van der Waals surface area contributed by atoms with Crippen LogP contribution in [-0.2, 0) is 0 Å². The minimum Gasteiger partial charge on any atom is -0.488 e. The fraction of sp³-hybridized carbons (Fsp3) is 0.417. The highest BCUT2D eigenvalue weighted by Gasteiger charge is 2.18. The van der Waals surface area contributed by atoms with E-state index in [4.69, 9.17) is 10.00 Å². The van der Waals surface area contributed by atoms with Crippen LogP contribution < -0.4 is 4.74 Å². The average molecular weight is 189 g/mol. The van der Waals surface area contributed by atoms with E-state index in [1.165, 1.54) is 0 Å². The van der Waals surface area contributed by atoms with Crippen LogP contribution in [0, 0.1) is 11.3 Å². The quantitative estimate of drug-likeness (QED) is 0.729.